The molecule has 1 aliphatic heterocycles. The van der Waals surface area contributed by atoms with Crippen molar-refractivity contribution in [3.8, 4) is 0 Å². The van der Waals surface area contributed by atoms with E-state index in [1.165, 1.54) is 4.90 Å². The first-order valence-electron chi connectivity index (χ1n) is 7.06. The number of hydrogen-bond acceptors (Lipinski definition) is 4. The second kappa shape index (κ2) is 7.58. The highest BCUT2D eigenvalue weighted by molar-refractivity contribution is 6.30. The zero-order valence-corrected chi connectivity index (χ0v) is 13.0. The first-order valence-corrected chi connectivity index (χ1v) is 7.43. The molecule has 1 aliphatic rings. The zero-order valence-electron chi connectivity index (χ0n) is 12.3. The number of morpholine rings is 1. The fraction of sp³-hybridized carbons (Fsp3) is 0.467. The Balaban J connectivity index is 2.20. The summed E-state index contributed by atoms with van der Waals surface area (Å²) in [6, 6.07) is 6.47. The van der Waals surface area contributed by atoms with Crippen LogP contribution in [-0.2, 0) is 14.3 Å². The fourth-order valence-corrected chi connectivity index (χ4v) is 2.51. The minimum absolute atomic E-state index is 0.00477. The van der Waals surface area contributed by atoms with Crippen LogP contribution in [0.3, 0.4) is 0 Å². The van der Waals surface area contributed by atoms with Gasteiger partial charge < -0.3 is 20.1 Å². The van der Waals surface area contributed by atoms with E-state index in [0.717, 1.165) is 5.56 Å². The van der Waals surface area contributed by atoms with Gasteiger partial charge in [0, 0.05) is 25.2 Å². The van der Waals surface area contributed by atoms with Crippen LogP contribution in [0.1, 0.15) is 18.0 Å². The molecule has 2 atom stereocenters. The van der Waals surface area contributed by atoms with Gasteiger partial charge in [-0.25, -0.2) is 0 Å². The molecule has 0 aliphatic carbocycles. The first kappa shape index (κ1) is 16.7. The quantitative estimate of drug-likeness (QED) is 0.782. The van der Waals surface area contributed by atoms with E-state index in [4.69, 9.17) is 21.4 Å². The number of hydrogen-bond donors (Lipinski definition) is 2. The second-order valence-corrected chi connectivity index (χ2v) is 5.54. The molecular weight excluding hydrogens is 308 g/mol. The fourth-order valence-electron chi connectivity index (χ4n) is 2.38. The van der Waals surface area contributed by atoms with E-state index in [1.807, 2.05) is 0 Å². The number of nitrogens with zero attached hydrogens (tertiary/aromatic N) is 1. The van der Waals surface area contributed by atoms with Gasteiger partial charge in [0.15, 0.2) is 6.10 Å². The van der Waals surface area contributed by atoms with Gasteiger partial charge in [-0.3, -0.25) is 9.59 Å². The summed E-state index contributed by atoms with van der Waals surface area (Å²) in [5.41, 5.74) is 0.780. The lowest BCUT2D eigenvalue weighted by Gasteiger charge is -2.38. The summed E-state index contributed by atoms with van der Waals surface area (Å²) in [5.74, 6) is -0.480. The van der Waals surface area contributed by atoms with Crippen LogP contribution in [0.2, 0.25) is 5.02 Å². The molecule has 7 heteroatoms. The Hall–Kier alpha value is -1.63. The van der Waals surface area contributed by atoms with E-state index in [-0.39, 0.29) is 25.0 Å². The smallest absolute Gasteiger partial charge is 0.251 e. The molecule has 2 amide bonds. The van der Waals surface area contributed by atoms with Gasteiger partial charge in [-0.15, -0.1) is 0 Å². The molecule has 1 heterocycles. The molecule has 1 fully saturated rings. The van der Waals surface area contributed by atoms with Crippen LogP contribution in [0.5, 0.6) is 0 Å². The number of rotatable bonds is 5. The molecule has 1 saturated heterocycles. The van der Waals surface area contributed by atoms with Crippen molar-refractivity contribution in [3.05, 3.63) is 34.9 Å². The molecule has 0 unspecified atom stereocenters. The summed E-state index contributed by atoms with van der Waals surface area (Å²) >= 11 is 5.88. The van der Waals surface area contributed by atoms with E-state index < -0.39 is 12.1 Å². The number of amides is 2. The molecule has 0 bridgehead atoms. The number of nitrogens with one attached hydrogen (secondary N) is 1. The van der Waals surface area contributed by atoms with Gasteiger partial charge in [0.1, 0.15) is 6.61 Å². The van der Waals surface area contributed by atoms with E-state index >= 15 is 0 Å². The molecule has 0 saturated carbocycles. The lowest BCUT2D eigenvalue weighted by molar-refractivity contribution is -0.162. The topological polar surface area (TPSA) is 78.9 Å². The van der Waals surface area contributed by atoms with Crippen molar-refractivity contribution in [2.45, 2.75) is 18.6 Å². The van der Waals surface area contributed by atoms with E-state index in [9.17, 15) is 9.59 Å². The van der Waals surface area contributed by atoms with E-state index in [0.29, 0.717) is 18.0 Å². The molecule has 22 heavy (non-hydrogen) atoms. The monoisotopic (exact) mass is 326 g/mol. The van der Waals surface area contributed by atoms with Gasteiger partial charge in [-0.05, 0) is 24.1 Å². The number of ether oxygens (including phenoxy) is 1. The summed E-state index contributed by atoms with van der Waals surface area (Å²) < 4.78 is 5.45. The maximum absolute atomic E-state index is 12.3. The molecular formula is C15H19ClN2O4. The summed E-state index contributed by atoms with van der Waals surface area (Å²) in [5, 5.41) is 12.1. The average Bonchev–Trinajstić information content (AvgIpc) is 2.51. The van der Waals surface area contributed by atoms with Crippen molar-refractivity contribution < 1.29 is 19.4 Å². The van der Waals surface area contributed by atoms with Crippen LogP contribution in [-0.4, -0.2) is 54.7 Å². The van der Waals surface area contributed by atoms with Gasteiger partial charge in [-0.1, -0.05) is 23.7 Å². The van der Waals surface area contributed by atoms with Crippen LogP contribution in [0.4, 0.5) is 0 Å². The van der Waals surface area contributed by atoms with E-state index in [2.05, 4.69) is 5.32 Å². The molecule has 1 aromatic carbocycles. The lowest BCUT2D eigenvalue weighted by atomic mass is 9.97. The van der Waals surface area contributed by atoms with Gasteiger partial charge >= 0.3 is 0 Å². The highest BCUT2D eigenvalue weighted by Gasteiger charge is 2.39. The van der Waals surface area contributed by atoms with Crippen molar-refractivity contribution in [2.75, 3.05) is 26.8 Å². The molecule has 120 valence electrons. The molecule has 2 rings (SSSR count). The molecule has 0 aromatic heterocycles. The predicted molar refractivity (Wildman–Crippen MR) is 81.4 cm³/mol. The van der Waals surface area contributed by atoms with Crippen molar-refractivity contribution in [1.29, 1.82) is 0 Å². The minimum atomic E-state index is -0.789. The lowest BCUT2D eigenvalue weighted by Crippen LogP contribution is -2.53. The van der Waals surface area contributed by atoms with Crippen LogP contribution in [0.25, 0.3) is 0 Å². The predicted octanol–water partition coefficient (Wildman–Crippen LogP) is 0.737. The van der Waals surface area contributed by atoms with Crippen molar-refractivity contribution in [2.24, 2.45) is 0 Å². The van der Waals surface area contributed by atoms with Crippen molar-refractivity contribution in [3.63, 3.8) is 0 Å². The Morgan fingerprint density at radius 3 is 2.77 bits per heavy atom. The number of carbonyl (C=O) groups is 2. The summed E-state index contributed by atoms with van der Waals surface area (Å²) in [7, 11) is 1.65. The highest BCUT2D eigenvalue weighted by atomic mass is 35.5. The van der Waals surface area contributed by atoms with Crippen LogP contribution in [0.15, 0.2) is 24.3 Å². The molecule has 2 N–H and O–H groups in total. The second-order valence-electron chi connectivity index (χ2n) is 5.10. The third-order valence-electron chi connectivity index (χ3n) is 3.59. The third-order valence-corrected chi connectivity index (χ3v) is 3.84. The molecule has 0 radical (unpaired) electrons. The van der Waals surface area contributed by atoms with Crippen LogP contribution >= 0.6 is 11.6 Å². The number of halogens is 1. The zero-order chi connectivity index (χ0) is 16.1. The highest BCUT2D eigenvalue weighted by Crippen LogP contribution is 2.29. The Morgan fingerprint density at radius 2 is 2.14 bits per heavy atom. The SMILES string of the molecule is CN1C(=O)CO[C@@H](C(=O)NCCCO)[C@H]1c1ccc(Cl)cc1. The largest absolute Gasteiger partial charge is 0.396 e. The number of benzene rings is 1. The van der Waals surface area contributed by atoms with Crippen LogP contribution in [0, 0.1) is 0 Å². The van der Waals surface area contributed by atoms with Gasteiger partial charge in [0.05, 0.1) is 6.04 Å². The Bertz CT molecular complexity index is 535. The summed E-state index contributed by atoms with van der Waals surface area (Å²) in [6.07, 6.45) is -0.318. The number of likely N-dealkylation sites (N-methyl/N-ethyl adjacent to an activating group) is 1. The van der Waals surface area contributed by atoms with E-state index in [1.54, 1.807) is 31.3 Å². The summed E-state index contributed by atoms with van der Waals surface area (Å²) in [6.45, 7) is 0.240. The Morgan fingerprint density at radius 1 is 1.45 bits per heavy atom. The minimum Gasteiger partial charge on any atom is -0.396 e. The summed E-state index contributed by atoms with van der Waals surface area (Å²) in [4.78, 5) is 25.7. The number of aliphatic hydroxyl groups is 1. The third kappa shape index (κ3) is 3.76. The standard InChI is InChI=1S/C15H19ClN2O4/c1-18-12(20)9-22-14(15(21)17-7-2-8-19)13(18)10-3-5-11(16)6-4-10/h3-6,13-14,19H,2,7-9H2,1H3,(H,17,21)/t13-,14-/m1/s1. The first-order chi connectivity index (χ1) is 10.5. The van der Waals surface area contributed by atoms with Gasteiger partial charge in [-0.2, -0.15) is 0 Å². The van der Waals surface area contributed by atoms with Crippen molar-refractivity contribution in [1.82, 2.24) is 10.2 Å². The molecule has 6 nitrogen and oxygen atoms in total. The number of aliphatic hydroxyl groups excluding tert-OH is 1. The van der Waals surface area contributed by atoms with Crippen molar-refractivity contribution >= 4 is 23.4 Å². The molecule has 0 spiro atoms. The normalized spacial score (nSPS) is 21.8. The maximum atomic E-state index is 12.3. The van der Waals surface area contributed by atoms with Gasteiger partial charge in [0.2, 0.25) is 5.91 Å². The maximum Gasteiger partial charge on any atom is 0.251 e. The molecule has 1 aromatic rings. The van der Waals surface area contributed by atoms with Crippen LogP contribution < -0.4 is 5.32 Å². The van der Waals surface area contributed by atoms with Gasteiger partial charge in [0.25, 0.3) is 5.91 Å². The average molecular weight is 327 g/mol. The number of carbonyl (C=O) groups excluding carboxylic acids is 2. The Kier molecular flexibility index (Phi) is 5.76. The Labute approximate surface area is 134 Å².